The zero-order valence-electron chi connectivity index (χ0n) is 15.9. The Kier molecular flexibility index (Phi) is 7.31. The minimum atomic E-state index is -4.35. The molecule has 2 saturated heterocycles. The molecule has 2 aliphatic rings. The molecule has 1 aromatic carbocycles. The Balaban J connectivity index is 1.60. The maximum absolute atomic E-state index is 12.9. The Bertz CT molecular complexity index is 625. The second-order valence-electron chi connectivity index (χ2n) is 7.49. The molecule has 1 amide bonds. The second kappa shape index (κ2) is 9.71. The van der Waals surface area contributed by atoms with E-state index in [1.807, 2.05) is 0 Å². The van der Waals surface area contributed by atoms with Crippen LogP contribution in [0.25, 0.3) is 0 Å². The van der Waals surface area contributed by atoms with Crippen molar-refractivity contribution >= 4 is 5.91 Å². The second-order valence-corrected chi connectivity index (χ2v) is 7.49. The molecule has 2 atom stereocenters. The number of benzene rings is 1. The third-order valence-electron chi connectivity index (χ3n) is 5.54. The molecule has 0 spiro atoms. The molecule has 8 heteroatoms. The van der Waals surface area contributed by atoms with Crippen molar-refractivity contribution in [2.24, 2.45) is 5.92 Å². The summed E-state index contributed by atoms with van der Waals surface area (Å²) in [4.78, 5) is 14.4. The van der Waals surface area contributed by atoms with Crippen molar-refractivity contribution < 1.29 is 22.7 Å². The zero-order chi connectivity index (χ0) is 20.0. The fourth-order valence-corrected chi connectivity index (χ4v) is 3.84. The summed E-state index contributed by atoms with van der Waals surface area (Å²) in [6.07, 6.45) is -1.90. The van der Waals surface area contributed by atoms with E-state index in [2.05, 4.69) is 15.5 Å². The number of nitrogens with one attached hydrogen (secondary N) is 2. The highest BCUT2D eigenvalue weighted by molar-refractivity contribution is 5.75. The molecule has 0 saturated carbocycles. The number of halogens is 3. The molecule has 156 valence electrons. The molecule has 2 fully saturated rings. The number of rotatable bonds is 7. The average Bonchev–Trinajstić information content (AvgIpc) is 3.21. The molecule has 0 bridgehead atoms. The van der Waals surface area contributed by atoms with Gasteiger partial charge in [-0.1, -0.05) is 12.1 Å². The molecule has 28 heavy (non-hydrogen) atoms. The van der Waals surface area contributed by atoms with Gasteiger partial charge in [0.1, 0.15) is 0 Å². The first-order valence-corrected chi connectivity index (χ1v) is 9.90. The van der Waals surface area contributed by atoms with E-state index in [-0.39, 0.29) is 11.9 Å². The normalized spacial score (nSPS) is 22.2. The number of ether oxygens (including phenoxy) is 1. The first kappa shape index (κ1) is 21.1. The van der Waals surface area contributed by atoms with Crippen molar-refractivity contribution in [2.45, 2.75) is 31.5 Å². The summed E-state index contributed by atoms with van der Waals surface area (Å²) in [6.45, 7) is 4.91. The Labute approximate surface area is 163 Å². The zero-order valence-corrected chi connectivity index (χ0v) is 15.9. The van der Waals surface area contributed by atoms with E-state index in [9.17, 15) is 18.0 Å². The van der Waals surface area contributed by atoms with Crippen molar-refractivity contribution in [3.63, 3.8) is 0 Å². The maximum atomic E-state index is 12.9. The molecule has 3 rings (SSSR count). The molecular weight excluding hydrogens is 371 g/mol. The minimum Gasteiger partial charge on any atom is -0.379 e. The quantitative estimate of drug-likeness (QED) is 0.740. The maximum Gasteiger partial charge on any atom is 0.416 e. The van der Waals surface area contributed by atoms with Crippen molar-refractivity contribution in [3.8, 4) is 0 Å². The summed E-state index contributed by atoms with van der Waals surface area (Å²) >= 11 is 0. The Hall–Kier alpha value is -1.64. The third-order valence-corrected chi connectivity index (χ3v) is 5.54. The number of carbonyl (C=O) groups excluding carboxylic acids is 1. The average molecular weight is 399 g/mol. The van der Waals surface area contributed by atoms with Gasteiger partial charge in [-0.05, 0) is 49.5 Å². The highest BCUT2D eigenvalue weighted by atomic mass is 19.4. The third kappa shape index (κ3) is 5.93. The van der Waals surface area contributed by atoms with Crippen LogP contribution in [-0.2, 0) is 15.7 Å². The highest BCUT2D eigenvalue weighted by Gasteiger charge is 2.31. The van der Waals surface area contributed by atoms with Crippen LogP contribution in [0.2, 0.25) is 0 Å². The fourth-order valence-electron chi connectivity index (χ4n) is 3.84. The van der Waals surface area contributed by atoms with E-state index < -0.39 is 11.7 Å². The number of nitrogens with zero attached hydrogens (tertiary/aromatic N) is 1. The van der Waals surface area contributed by atoms with E-state index in [1.165, 1.54) is 12.1 Å². The predicted octanol–water partition coefficient (Wildman–Crippen LogP) is 2.58. The van der Waals surface area contributed by atoms with Gasteiger partial charge in [-0.2, -0.15) is 13.2 Å². The van der Waals surface area contributed by atoms with E-state index in [0.717, 1.165) is 43.6 Å². The van der Waals surface area contributed by atoms with E-state index in [1.54, 1.807) is 0 Å². The van der Waals surface area contributed by atoms with Gasteiger partial charge in [0, 0.05) is 26.1 Å². The predicted molar refractivity (Wildman–Crippen MR) is 99.8 cm³/mol. The van der Waals surface area contributed by atoms with Crippen molar-refractivity contribution in [1.82, 2.24) is 15.5 Å². The fraction of sp³-hybridized carbons (Fsp3) is 0.650. The van der Waals surface area contributed by atoms with Gasteiger partial charge in [0.05, 0.1) is 24.8 Å². The summed E-state index contributed by atoms with van der Waals surface area (Å²) in [5.74, 6) is 0.549. The molecule has 2 heterocycles. The van der Waals surface area contributed by atoms with Gasteiger partial charge in [0.15, 0.2) is 0 Å². The van der Waals surface area contributed by atoms with Crippen LogP contribution in [0.15, 0.2) is 24.3 Å². The van der Waals surface area contributed by atoms with Crippen LogP contribution in [-0.4, -0.2) is 56.7 Å². The number of carbonyl (C=O) groups is 1. The molecule has 0 aliphatic carbocycles. The monoisotopic (exact) mass is 399 g/mol. The van der Waals surface area contributed by atoms with Crippen LogP contribution in [0.3, 0.4) is 0 Å². The summed E-state index contributed by atoms with van der Waals surface area (Å²) in [7, 11) is 0. The molecule has 2 unspecified atom stereocenters. The highest BCUT2D eigenvalue weighted by Crippen LogP contribution is 2.31. The van der Waals surface area contributed by atoms with Gasteiger partial charge in [-0.15, -0.1) is 0 Å². The standard InChI is InChI=1S/C20H28F3N3O2/c21-20(22,23)17-4-2-16(3-5-17)18(26-9-11-28-12-10-26)14-25-19(27)6-1-15-7-8-24-13-15/h2-5,15,18,24H,1,6-14H2,(H,25,27). The summed E-state index contributed by atoms with van der Waals surface area (Å²) in [5.41, 5.74) is 0.112. The Morgan fingerprint density at radius 1 is 1.25 bits per heavy atom. The van der Waals surface area contributed by atoms with E-state index >= 15 is 0 Å². The summed E-state index contributed by atoms with van der Waals surface area (Å²) in [5, 5.41) is 6.28. The number of amides is 1. The van der Waals surface area contributed by atoms with Gasteiger partial charge in [-0.25, -0.2) is 0 Å². The smallest absolute Gasteiger partial charge is 0.379 e. The van der Waals surface area contributed by atoms with Crippen molar-refractivity contribution in [1.29, 1.82) is 0 Å². The molecule has 1 aromatic rings. The molecule has 2 aliphatic heterocycles. The largest absolute Gasteiger partial charge is 0.416 e. The lowest BCUT2D eigenvalue weighted by molar-refractivity contribution is -0.137. The van der Waals surface area contributed by atoms with Crippen LogP contribution >= 0.6 is 0 Å². The lowest BCUT2D eigenvalue weighted by atomic mass is 10.0. The van der Waals surface area contributed by atoms with Crippen molar-refractivity contribution in [3.05, 3.63) is 35.4 Å². The van der Waals surface area contributed by atoms with Gasteiger partial charge in [0.2, 0.25) is 5.91 Å². The lowest BCUT2D eigenvalue weighted by Crippen LogP contribution is -2.43. The summed E-state index contributed by atoms with van der Waals surface area (Å²) in [6, 6.07) is 5.08. The Morgan fingerprint density at radius 2 is 1.96 bits per heavy atom. The molecular formula is C20H28F3N3O2. The first-order chi connectivity index (χ1) is 13.4. The number of hydrogen-bond donors (Lipinski definition) is 2. The Morgan fingerprint density at radius 3 is 2.57 bits per heavy atom. The minimum absolute atomic E-state index is 0.00271. The van der Waals surface area contributed by atoms with Crippen LogP contribution < -0.4 is 10.6 Å². The molecule has 2 N–H and O–H groups in total. The van der Waals surface area contributed by atoms with Gasteiger partial charge < -0.3 is 15.4 Å². The van der Waals surface area contributed by atoms with Gasteiger partial charge >= 0.3 is 6.18 Å². The van der Waals surface area contributed by atoms with Gasteiger partial charge in [0.25, 0.3) is 0 Å². The summed E-state index contributed by atoms with van der Waals surface area (Å²) < 4.78 is 43.9. The number of alkyl halides is 3. The molecule has 0 aromatic heterocycles. The molecule has 0 radical (unpaired) electrons. The molecule has 5 nitrogen and oxygen atoms in total. The van der Waals surface area contributed by atoms with Crippen LogP contribution in [0.1, 0.15) is 36.4 Å². The van der Waals surface area contributed by atoms with Crippen LogP contribution in [0.5, 0.6) is 0 Å². The topological polar surface area (TPSA) is 53.6 Å². The van der Waals surface area contributed by atoms with Gasteiger partial charge in [-0.3, -0.25) is 9.69 Å². The lowest BCUT2D eigenvalue weighted by Gasteiger charge is -2.35. The number of morpholine rings is 1. The van der Waals surface area contributed by atoms with Crippen LogP contribution in [0.4, 0.5) is 13.2 Å². The SMILES string of the molecule is O=C(CCC1CCNC1)NCC(c1ccc(C(F)(F)F)cc1)N1CCOCC1. The van der Waals surface area contributed by atoms with Crippen LogP contribution in [0, 0.1) is 5.92 Å². The number of hydrogen-bond acceptors (Lipinski definition) is 4. The van der Waals surface area contributed by atoms with E-state index in [0.29, 0.717) is 45.2 Å². The van der Waals surface area contributed by atoms with Crippen molar-refractivity contribution in [2.75, 3.05) is 45.9 Å². The first-order valence-electron chi connectivity index (χ1n) is 9.90. The van der Waals surface area contributed by atoms with E-state index in [4.69, 9.17) is 4.74 Å².